The van der Waals surface area contributed by atoms with Crippen LogP contribution in [0.3, 0.4) is 0 Å². The van der Waals surface area contributed by atoms with Gasteiger partial charge in [0.15, 0.2) is 0 Å². The van der Waals surface area contributed by atoms with Crippen molar-refractivity contribution >= 4 is 17.6 Å². The third-order valence-corrected chi connectivity index (χ3v) is 3.47. The fourth-order valence-electron chi connectivity index (χ4n) is 2.18. The van der Waals surface area contributed by atoms with Crippen molar-refractivity contribution in [2.24, 2.45) is 0 Å². The minimum Gasteiger partial charge on any atom is -0.481 e. The summed E-state index contributed by atoms with van der Waals surface area (Å²) in [6, 6.07) is 8.53. The zero-order valence-corrected chi connectivity index (χ0v) is 14.1. The predicted octanol–water partition coefficient (Wildman–Crippen LogP) is 1.58. The molecule has 2 aromatic heterocycles. The van der Waals surface area contributed by atoms with E-state index in [-0.39, 0.29) is 24.6 Å². The van der Waals surface area contributed by atoms with Gasteiger partial charge in [-0.25, -0.2) is 9.97 Å². The Hall–Kier alpha value is -3.82. The Morgan fingerprint density at radius 3 is 2.11 bits per heavy atom. The number of carboxylic acids is 1. The van der Waals surface area contributed by atoms with E-state index < -0.39 is 5.97 Å². The number of nitrogens with zero attached hydrogens (tertiary/aromatic N) is 6. The highest BCUT2D eigenvalue weighted by Gasteiger charge is 2.09. The topological polar surface area (TPSA) is 144 Å². The normalized spacial score (nSPS) is 10.4. The number of carbonyl (C=O) groups excluding carboxylic acids is 1. The van der Waals surface area contributed by atoms with E-state index in [4.69, 9.17) is 5.11 Å². The molecule has 0 saturated carbocycles. The lowest BCUT2D eigenvalue weighted by Crippen LogP contribution is -2.11. The van der Waals surface area contributed by atoms with Crippen LogP contribution in [0.2, 0.25) is 0 Å². The summed E-state index contributed by atoms with van der Waals surface area (Å²) in [5.74, 6) is -0.265. The molecule has 2 N–H and O–H groups in total. The summed E-state index contributed by atoms with van der Waals surface area (Å²) in [5.41, 5.74) is 1.27. The molecule has 3 rings (SSSR count). The van der Waals surface area contributed by atoms with Gasteiger partial charge in [-0.05, 0) is 36.8 Å². The molecule has 0 bridgehead atoms. The molecule has 0 aliphatic carbocycles. The molecule has 0 saturated heterocycles. The molecular weight excluding hydrogens is 350 g/mol. The standard InChI is InChI=1S/C17H15N7O3/c25-13(3-1-4-14(26)27)20-12-7-5-11(6-8-12)15-21-23-17(24-22-15)16-18-9-2-10-19-16/h2,5-10H,1,3-4H2,(H,20,25)(H,26,27). The van der Waals surface area contributed by atoms with Gasteiger partial charge in [-0.2, -0.15) is 0 Å². The first-order valence-electron chi connectivity index (χ1n) is 8.09. The summed E-state index contributed by atoms with van der Waals surface area (Å²) >= 11 is 0. The van der Waals surface area contributed by atoms with Crippen LogP contribution in [0.1, 0.15) is 19.3 Å². The van der Waals surface area contributed by atoms with Crippen LogP contribution >= 0.6 is 0 Å². The van der Waals surface area contributed by atoms with Gasteiger partial charge in [0.25, 0.3) is 0 Å². The molecule has 1 amide bonds. The van der Waals surface area contributed by atoms with E-state index in [2.05, 4.69) is 35.7 Å². The van der Waals surface area contributed by atoms with Crippen LogP contribution in [0.15, 0.2) is 42.7 Å². The van der Waals surface area contributed by atoms with Gasteiger partial charge in [-0.3, -0.25) is 9.59 Å². The first-order valence-corrected chi connectivity index (χ1v) is 8.09. The summed E-state index contributed by atoms with van der Waals surface area (Å²) in [7, 11) is 0. The van der Waals surface area contributed by atoms with Crippen LogP contribution in [0.5, 0.6) is 0 Å². The molecule has 10 heteroatoms. The number of amides is 1. The third-order valence-electron chi connectivity index (χ3n) is 3.47. The van der Waals surface area contributed by atoms with Crippen molar-refractivity contribution < 1.29 is 14.7 Å². The van der Waals surface area contributed by atoms with Crippen molar-refractivity contribution in [3.63, 3.8) is 0 Å². The maximum absolute atomic E-state index is 11.8. The first-order chi connectivity index (χ1) is 13.1. The minimum absolute atomic E-state index is 0.0340. The highest BCUT2D eigenvalue weighted by atomic mass is 16.4. The van der Waals surface area contributed by atoms with Crippen molar-refractivity contribution in [1.29, 1.82) is 0 Å². The largest absolute Gasteiger partial charge is 0.481 e. The van der Waals surface area contributed by atoms with Crippen molar-refractivity contribution in [1.82, 2.24) is 30.4 Å². The molecule has 0 fully saturated rings. The molecule has 0 radical (unpaired) electrons. The lowest BCUT2D eigenvalue weighted by Gasteiger charge is -2.05. The maximum atomic E-state index is 11.8. The quantitative estimate of drug-likeness (QED) is 0.637. The van der Waals surface area contributed by atoms with Crippen LogP contribution < -0.4 is 5.32 Å². The van der Waals surface area contributed by atoms with Crippen molar-refractivity contribution in [2.45, 2.75) is 19.3 Å². The second-order valence-corrected chi connectivity index (χ2v) is 5.49. The lowest BCUT2D eigenvalue weighted by atomic mass is 10.2. The average Bonchev–Trinajstić information content (AvgIpc) is 2.69. The highest BCUT2D eigenvalue weighted by Crippen LogP contribution is 2.18. The number of aromatic nitrogens is 6. The van der Waals surface area contributed by atoms with Gasteiger partial charge in [-0.1, -0.05) is 0 Å². The second-order valence-electron chi connectivity index (χ2n) is 5.49. The molecule has 3 aromatic rings. The van der Waals surface area contributed by atoms with Gasteiger partial charge in [0.2, 0.25) is 23.4 Å². The molecule has 0 spiro atoms. The fourth-order valence-corrected chi connectivity index (χ4v) is 2.18. The smallest absolute Gasteiger partial charge is 0.303 e. The molecule has 136 valence electrons. The van der Waals surface area contributed by atoms with Crippen LogP contribution in [0.4, 0.5) is 5.69 Å². The predicted molar refractivity (Wildman–Crippen MR) is 94.2 cm³/mol. The lowest BCUT2D eigenvalue weighted by molar-refractivity contribution is -0.137. The van der Waals surface area contributed by atoms with Gasteiger partial charge in [0.1, 0.15) is 0 Å². The number of carbonyl (C=O) groups is 2. The Balaban J connectivity index is 1.61. The molecule has 0 aliphatic heterocycles. The Bertz CT molecular complexity index is 916. The molecule has 2 heterocycles. The average molecular weight is 365 g/mol. The zero-order chi connectivity index (χ0) is 19.1. The maximum Gasteiger partial charge on any atom is 0.303 e. The van der Waals surface area contributed by atoms with E-state index in [1.165, 1.54) is 0 Å². The number of hydrogen-bond donors (Lipinski definition) is 2. The fraction of sp³-hybridized carbons (Fsp3) is 0.176. The number of hydrogen-bond acceptors (Lipinski definition) is 8. The van der Waals surface area contributed by atoms with E-state index >= 15 is 0 Å². The summed E-state index contributed by atoms with van der Waals surface area (Å²) in [6.45, 7) is 0. The second kappa shape index (κ2) is 8.52. The number of rotatable bonds is 7. The van der Waals surface area contributed by atoms with Crippen LogP contribution in [-0.2, 0) is 9.59 Å². The van der Waals surface area contributed by atoms with Crippen LogP contribution in [0, 0.1) is 0 Å². The summed E-state index contributed by atoms with van der Waals surface area (Å²) in [4.78, 5) is 30.3. The van der Waals surface area contributed by atoms with E-state index in [0.717, 1.165) is 0 Å². The van der Waals surface area contributed by atoms with Gasteiger partial charge < -0.3 is 10.4 Å². The molecular formula is C17H15N7O3. The summed E-state index contributed by atoms with van der Waals surface area (Å²) in [5, 5.41) is 27.3. The SMILES string of the molecule is O=C(O)CCCC(=O)Nc1ccc(-c2nnc(-c3ncccn3)nn2)cc1. The van der Waals surface area contributed by atoms with Crippen molar-refractivity contribution in [2.75, 3.05) is 5.32 Å². The van der Waals surface area contributed by atoms with Gasteiger partial charge in [-0.15, -0.1) is 20.4 Å². The third kappa shape index (κ3) is 5.08. The molecule has 0 aliphatic rings. The van der Waals surface area contributed by atoms with Gasteiger partial charge in [0.05, 0.1) is 0 Å². The number of carboxylic acid groups (broad SMARTS) is 1. The van der Waals surface area contributed by atoms with E-state index in [1.54, 1.807) is 42.7 Å². The number of benzene rings is 1. The Labute approximate surface area is 153 Å². The summed E-state index contributed by atoms with van der Waals surface area (Å²) < 4.78 is 0. The van der Waals surface area contributed by atoms with E-state index in [1.807, 2.05) is 0 Å². The van der Waals surface area contributed by atoms with Gasteiger partial charge in [0, 0.05) is 36.5 Å². The number of aliphatic carboxylic acids is 1. The molecule has 0 atom stereocenters. The Morgan fingerprint density at radius 2 is 1.48 bits per heavy atom. The van der Waals surface area contributed by atoms with Crippen molar-refractivity contribution in [3.8, 4) is 23.0 Å². The highest BCUT2D eigenvalue weighted by molar-refractivity contribution is 5.91. The zero-order valence-electron chi connectivity index (χ0n) is 14.1. The van der Waals surface area contributed by atoms with Gasteiger partial charge >= 0.3 is 5.97 Å². The monoisotopic (exact) mass is 365 g/mol. The van der Waals surface area contributed by atoms with Crippen LogP contribution in [-0.4, -0.2) is 47.3 Å². The van der Waals surface area contributed by atoms with E-state index in [0.29, 0.717) is 29.3 Å². The van der Waals surface area contributed by atoms with E-state index in [9.17, 15) is 9.59 Å². The number of nitrogens with one attached hydrogen (secondary N) is 1. The van der Waals surface area contributed by atoms with Crippen molar-refractivity contribution in [3.05, 3.63) is 42.7 Å². The Morgan fingerprint density at radius 1 is 0.852 bits per heavy atom. The number of anilines is 1. The molecule has 0 unspecified atom stereocenters. The minimum atomic E-state index is -0.917. The first kappa shape index (κ1) is 18.0. The Kier molecular flexibility index (Phi) is 5.67. The molecule has 10 nitrogen and oxygen atoms in total. The molecule has 1 aromatic carbocycles. The molecule has 27 heavy (non-hydrogen) atoms. The van der Waals surface area contributed by atoms with Crippen LogP contribution in [0.25, 0.3) is 23.0 Å². The summed E-state index contributed by atoms with van der Waals surface area (Å²) in [6.07, 6.45) is 3.56.